The van der Waals surface area contributed by atoms with E-state index in [1.807, 2.05) is 6.92 Å². The van der Waals surface area contributed by atoms with Crippen LogP contribution in [0.1, 0.15) is 38.3 Å². The van der Waals surface area contributed by atoms with Gasteiger partial charge in [-0.05, 0) is 56.2 Å². The first-order valence-corrected chi connectivity index (χ1v) is 8.87. The molecule has 2 aromatic heterocycles. The SMILES string of the molecule is C[C@@H](CO)Sn1cnc2c(C3=CCCCC3)nc(Cl)cc2c1=O. The van der Waals surface area contributed by atoms with E-state index in [4.69, 9.17) is 16.7 Å². The Labute approximate surface area is 143 Å². The zero-order valence-corrected chi connectivity index (χ0v) is 14.4. The number of aromatic nitrogens is 3. The first-order valence-electron chi connectivity index (χ1n) is 7.65. The van der Waals surface area contributed by atoms with Crippen LogP contribution < -0.4 is 5.56 Å². The fraction of sp³-hybridized carbons (Fsp3) is 0.438. The molecule has 23 heavy (non-hydrogen) atoms. The molecule has 0 unspecified atom stereocenters. The predicted octanol–water partition coefficient (Wildman–Crippen LogP) is 3.28. The smallest absolute Gasteiger partial charge is 0.271 e. The molecule has 3 rings (SSSR count). The molecule has 7 heteroatoms. The van der Waals surface area contributed by atoms with Gasteiger partial charge in [0.2, 0.25) is 0 Å². The number of halogens is 1. The van der Waals surface area contributed by atoms with Crippen molar-refractivity contribution in [3.05, 3.63) is 39.7 Å². The van der Waals surface area contributed by atoms with Gasteiger partial charge in [-0.1, -0.05) is 17.7 Å². The Morgan fingerprint density at radius 1 is 1.48 bits per heavy atom. The van der Waals surface area contributed by atoms with Crippen molar-refractivity contribution in [3.8, 4) is 0 Å². The molecular weight excluding hydrogens is 334 g/mol. The monoisotopic (exact) mass is 351 g/mol. The van der Waals surface area contributed by atoms with Gasteiger partial charge in [-0.15, -0.1) is 0 Å². The van der Waals surface area contributed by atoms with Gasteiger partial charge < -0.3 is 5.11 Å². The fourth-order valence-electron chi connectivity index (χ4n) is 2.66. The molecule has 1 N–H and O–H groups in total. The lowest BCUT2D eigenvalue weighted by atomic mass is 9.96. The van der Waals surface area contributed by atoms with Gasteiger partial charge in [0, 0.05) is 5.25 Å². The zero-order chi connectivity index (χ0) is 16.4. The van der Waals surface area contributed by atoms with Gasteiger partial charge in [-0.25, -0.2) is 13.9 Å². The number of fused-ring (bicyclic) bond motifs is 1. The average molecular weight is 352 g/mol. The average Bonchev–Trinajstić information content (AvgIpc) is 2.58. The molecule has 5 nitrogen and oxygen atoms in total. The number of rotatable bonds is 4. The van der Waals surface area contributed by atoms with Crippen LogP contribution in [0.4, 0.5) is 0 Å². The number of allylic oxidation sites excluding steroid dienone is 2. The van der Waals surface area contributed by atoms with E-state index >= 15 is 0 Å². The van der Waals surface area contributed by atoms with Crippen molar-refractivity contribution in [2.24, 2.45) is 0 Å². The molecule has 0 amide bonds. The number of aliphatic hydroxyl groups is 1. The summed E-state index contributed by atoms with van der Waals surface area (Å²) in [4.78, 5) is 21.5. The molecule has 0 fully saturated rings. The highest BCUT2D eigenvalue weighted by molar-refractivity contribution is 7.98. The highest BCUT2D eigenvalue weighted by Crippen LogP contribution is 2.30. The maximum atomic E-state index is 12.7. The minimum absolute atomic E-state index is 0.00954. The van der Waals surface area contributed by atoms with Crippen LogP contribution in [0, 0.1) is 0 Å². The summed E-state index contributed by atoms with van der Waals surface area (Å²) in [6.45, 7) is 1.84. The largest absolute Gasteiger partial charge is 0.395 e. The number of hydrogen-bond acceptors (Lipinski definition) is 5. The van der Waals surface area contributed by atoms with Gasteiger partial charge in [-0.2, -0.15) is 0 Å². The van der Waals surface area contributed by atoms with Crippen molar-refractivity contribution in [1.29, 1.82) is 0 Å². The number of hydrogen-bond donors (Lipinski definition) is 1. The minimum Gasteiger partial charge on any atom is -0.395 e. The Bertz CT molecular complexity index is 819. The fourth-order valence-corrected chi connectivity index (χ4v) is 3.61. The molecular formula is C16H18ClN3O2S. The second kappa shape index (κ2) is 7.03. The van der Waals surface area contributed by atoms with Crippen molar-refractivity contribution in [3.63, 3.8) is 0 Å². The summed E-state index contributed by atoms with van der Waals surface area (Å²) < 4.78 is 1.44. The summed E-state index contributed by atoms with van der Waals surface area (Å²) in [5.41, 5.74) is 2.25. The zero-order valence-electron chi connectivity index (χ0n) is 12.8. The summed E-state index contributed by atoms with van der Waals surface area (Å²) in [5, 5.41) is 9.84. The van der Waals surface area contributed by atoms with E-state index in [2.05, 4.69) is 16.0 Å². The third-order valence-electron chi connectivity index (χ3n) is 3.83. The van der Waals surface area contributed by atoms with E-state index in [1.54, 1.807) is 6.07 Å². The highest BCUT2D eigenvalue weighted by Gasteiger charge is 2.17. The molecule has 0 aliphatic heterocycles. The lowest BCUT2D eigenvalue weighted by Crippen LogP contribution is -2.20. The maximum Gasteiger partial charge on any atom is 0.271 e. The number of pyridine rings is 1. The molecule has 122 valence electrons. The van der Waals surface area contributed by atoms with Crippen LogP contribution >= 0.6 is 23.5 Å². The molecule has 1 aliphatic carbocycles. The van der Waals surface area contributed by atoms with Gasteiger partial charge in [0.05, 0.1) is 17.7 Å². The summed E-state index contributed by atoms with van der Waals surface area (Å²) in [6.07, 6.45) is 7.91. The molecule has 2 aromatic rings. The summed E-state index contributed by atoms with van der Waals surface area (Å²) in [5.74, 6) is 0. The van der Waals surface area contributed by atoms with Crippen LogP contribution in [0.15, 0.2) is 23.3 Å². The molecule has 1 atom stereocenters. The molecule has 1 aliphatic rings. The van der Waals surface area contributed by atoms with Crippen LogP contribution in [-0.2, 0) is 0 Å². The second-order valence-electron chi connectivity index (χ2n) is 5.64. The normalized spacial score (nSPS) is 16.4. The third-order valence-corrected chi connectivity index (χ3v) is 5.02. The standard InChI is InChI=1S/C16H18ClN3O2S/c1-10(8-21)23-20-9-18-15-12(16(20)22)7-13(17)19-14(15)11-5-3-2-4-6-11/h5,7,9-10,21H,2-4,6,8H2,1H3/t10-/m0/s1. The van der Waals surface area contributed by atoms with Crippen LogP contribution in [0.5, 0.6) is 0 Å². The van der Waals surface area contributed by atoms with Gasteiger partial charge in [0.15, 0.2) is 0 Å². The van der Waals surface area contributed by atoms with Gasteiger partial charge >= 0.3 is 0 Å². The molecule has 0 saturated carbocycles. The summed E-state index contributed by atoms with van der Waals surface area (Å²) in [6, 6.07) is 1.57. The lowest BCUT2D eigenvalue weighted by molar-refractivity contribution is 0.299. The highest BCUT2D eigenvalue weighted by atomic mass is 35.5. The Morgan fingerprint density at radius 3 is 3.00 bits per heavy atom. The van der Waals surface area contributed by atoms with Crippen molar-refractivity contribution in [1.82, 2.24) is 13.9 Å². The molecule has 0 saturated heterocycles. The van der Waals surface area contributed by atoms with E-state index in [0.717, 1.165) is 30.5 Å². The Kier molecular flexibility index (Phi) is 5.04. The van der Waals surface area contributed by atoms with Gasteiger partial charge in [-0.3, -0.25) is 4.79 Å². The second-order valence-corrected chi connectivity index (χ2v) is 7.44. The molecule has 0 spiro atoms. The first kappa shape index (κ1) is 16.5. The molecule has 0 radical (unpaired) electrons. The van der Waals surface area contributed by atoms with Gasteiger partial charge in [0.25, 0.3) is 5.56 Å². The Hall–Kier alpha value is -1.37. The van der Waals surface area contributed by atoms with E-state index < -0.39 is 0 Å². The van der Waals surface area contributed by atoms with E-state index in [0.29, 0.717) is 16.1 Å². The van der Waals surface area contributed by atoms with Crippen molar-refractivity contribution in [2.75, 3.05) is 6.61 Å². The van der Waals surface area contributed by atoms with Crippen LogP contribution in [0.25, 0.3) is 16.5 Å². The minimum atomic E-state index is -0.178. The number of aliphatic hydroxyl groups excluding tert-OH is 1. The third kappa shape index (κ3) is 3.44. The van der Waals surface area contributed by atoms with Crippen LogP contribution in [0.3, 0.4) is 0 Å². The van der Waals surface area contributed by atoms with Gasteiger partial charge in [0.1, 0.15) is 17.0 Å². The van der Waals surface area contributed by atoms with E-state index in [9.17, 15) is 4.79 Å². The van der Waals surface area contributed by atoms with Crippen molar-refractivity contribution >= 4 is 40.0 Å². The first-order chi connectivity index (χ1) is 11.1. The lowest BCUT2D eigenvalue weighted by Gasteiger charge is -2.15. The molecule has 0 aromatic carbocycles. The quantitative estimate of drug-likeness (QED) is 0.856. The van der Waals surface area contributed by atoms with Crippen molar-refractivity contribution < 1.29 is 5.11 Å². The Balaban J connectivity index is 2.15. The van der Waals surface area contributed by atoms with Crippen LogP contribution in [-0.4, -0.2) is 30.9 Å². The molecule has 0 bridgehead atoms. The topological polar surface area (TPSA) is 68.0 Å². The predicted molar refractivity (Wildman–Crippen MR) is 94.8 cm³/mol. The molecule has 2 heterocycles. The van der Waals surface area contributed by atoms with Crippen molar-refractivity contribution in [2.45, 2.75) is 37.9 Å². The van der Waals surface area contributed by atoms with E-state index in [1.165, 1.54) is 28.7 Å². The maximum absolute atomic E-state index is 12.7. The van der Waals surface area contributed by atoms with Crippen LogP contribution in [0.2, 0.25) is 5.15 Å². The Morgan fingerprint density at radius 2 is 2.30 bits per heavy atom. The van der Waals surface area contributed by atoms with E-state index in [-0.39, 0.29) is 17.4 Å². The summed E-state index contributed by atoms with van der Waals surface area (Å²) in [7, 11) is 0. The summed E-state index contributed by atoms with van der Waals surface area (Å²) >= 11 is 7.39. The number of nitrogens with zero attached hydrogens (tertiary/aromatic N) is 3.